The zero-order chi connectivity index (χ0) is 11.9. The lowest BCUT2D eigenvalue weighted by molar-refractivity contribution is -0.386. The van der Waals surface area contributed by atoms with Gasteiger partial charge in [-0.05, 0) is 13.8 Å². The zero-order valence-electron chi connectivity index (χ0n) is 9.43. The summed E-state index contributed by atoms with van der Waals surface area (Å²) >= 11 is 0. The molecule has 1 aliphatic rings. The van der Waals surface area contributed by atoms with Gasteiger partial charge in [-0.25, -0.2) is 0 Å². The molecule has 16 heavy (non-hydrogen) atoms. The van der Waals surface area contributed by atoms with Crippen LogP contribution in [0.25, 0.3) is 0 Å². The summed E-state index contributed by atoms with van der Waals surface area (Å²) in [6, 6.07) is 0. The molecule has 0 spiro atoms. The molecule has 1 aromatic heterocycles. The summed E-state index contributed by atoms with van der Waals surface area (Å²) in [5.74, 6) is 0.0899. The van der Waals surface area contributed by atoms with Crippen molar-refractivity contribution in [2.45, 2.75) is 25.5 Å². The first-order valence-electron chi connectivity index (χ1n) is 5.00. The van der Waals surface area contributed by atoms with Crippen LogP contribution in [0.5, 0.6) is 5.88 Å². The predicted molar refractivity (Wildman–Crippen MR) is 56.4 cm³/mol. The van der Waals surface area contributed by atoms with E-state index < -0.39 is 4.92 Å². The van der Waals surface area contributed by atoms with E-state index in [9.17, 15) is 10.1 Å². The molecular weight excluding hydrogens is 212 g/mol. The van der Waals surface area contributed by atoms with Gasteiger partial charge < -0.3 is 10.1 Å². The summed E-state index contributed by atoms with van der Waals surface area (Å²) in [5.41, 5.74) is -0.254. The minimum atomic E-state index is -0.485. The number of nitrogens with one attached hydrogen (secondary N) is 1. The third kappa shape index (κ3) is 1.73. The molecule has 1 unspecified atom stereocenters. The zero-order valence-corrected chi connectivity index (χ0v) is 9.43. The van der Waals surface area contributed by atoms with Gasteiger partial charge in [0.1, 0.15) is 12.3 Å². The highest BCUT2D eigenvalue weighted by atomic mass is 16.6. The molecule has 1 saturated heterocycles. The van der Waals surface area contributed by atoms with Crippen molar-refractivity contribution in [2.75, 3.05) is 6.54 Å². The average molecular weight is 226 g/mol. The van der Waals surface area contributed by atoms with Crippen molar-refractivity contribution >= 4 is 5.69 Å². The van der Waals surface area contributed by atoms with Crippen LogP contribution >= 0.6 is 0 Å². The van der Waals surface area contributed by atoms with Gasteiger partial charge in [0, 0.05) is 13.6 Å². The SMILES string of the molecule is Cn1cc([N+](=O)[O-])c(OC2CNC2(C)C)n1. The van der Waals surface area contributed by atoms with E-state index in [1.165, 1.54) is 10.9 Å². The van der Waals surface area contributed by atoms with Crippen LogP contribution < -0.4 is 10.1 Å². The number of nitrogens with zero attached hydrogens (tertiary/aromatic N) is 3. The van der Waals surface area contributed by atoms with Crippen molar-refractivity contribution in [3.8, 4) is 5.88 Å². The van der Waals surface area contributed by atoms with Crippen LogP contribution in [0.1, 0.15) is 13.8 Å². The number of aromatic nitrogens is 2. The monoisotopic (exact) mass is 226 g/mol. The second-order valence-corrected chi connectivity index (χ2v) is 4.46. The Kier molecular flexibility index (Phi) is 2.34. The van der Waals surface area contributed by atoms with Crippen molar-refractivity contribution < 1.29 is 9.66 Å². The number of nitro groups is 1. The fraction of sp³-hybridized carbons (Fsp3) is 0.667. The molecule has 0 saturated carbocycles. The lowest BCUT2D eigenvalue weighted by atomic mass is 9.89. The molecule has 0 bridgehead atoms. The van der Waals surface area contributed by atoms with Gasteiger partial charge in [-0.3, -0.25) is 14.8 Å². The Balaban J connectivity index is 2.18. The number of hydrogen-bond acceptors (Lipinski definition) is 5. The predicted octanol–water partition coefficient (Wildman–Crippen LogP) is 0.457. The molecule has 0 aliphatic carbocycles. The van der Waals surface area contributed by atoms with Gasteiger partial charge in [-0.1, -0.05) is 0 Å². The third-order valence-corrected chi connectivity index (χ3v) is 2.78. The Hall–Kier alpha value is -1.63. The molecule has 2 heterocycles. The van der Waals surface area contributed by atoms with Gasteiger partial charge >= 0.3 is 11.6 Å². The number of hydrogen-bond donors (Lipinski definition) is 1. The van der Waals surface area contributed by atoms with Crippen LogP contribution in [0.3, 0.4) is 0 Å². The number of ether oxygens (including phenoxy) is 1. The molecule has 2 rings (SSSR count). The Morgan fingerprint density at radius 2 is 2.44 bits per heavy atom. The van der Waals surface area contributed by atoms with Gasteiger partial charge in [0.05, 0.1) is 10.5 Å². The molecule has 7 nitrogen and oxygen atoms in total. The summed E-state index contributed by atoms with van der Waals surface area (Å²) in [6.07, 6.45) is 1.26. The van der Waals surface area contributed by atoms with Crippen LogP contribution in [0.4, 0.5) is 5.69 Å². The summed E-state index contributed by atoms with van der Waals surface area (Å²) in [6.45, 7) is 4.65. The molecule has 1 atom stereocenters. The molecule has 1 aromatic rings. The fourth-order valence-corrected chi connectivity index (χ4v) is 1.58. The van der Waals surface area contributed by atoms with Gasteiger partial charge in [0.15, 0.2) is 0 Å². The minimum Gasteiger partial charge on any atom is -0.465 e. The molecule has 0 amide bonds. The van der Waals surface area contributed by atoms with E-state index in [0.717, 1.165) is 0 Å². The third-order valence-electron chi connectivity index (χ3n) is 2.78. The number of aryl methyl sites for hydroxylation is 1. The Morgan fingerprint density at radius 1 is 1.75 bits per heavy atom. The molecule has 7 heteroatoms. The molecule has 88 valence electrons. The maximum atomic E-state index is 10.7. The van der Waals surface area contributed by atoms with Gasteiger partial charge in [-0.15, -0.1) is 5.10 Å². The summed E-state index contributed by atoms with van der Waals surface area (Å²) in [7, 11) is 1.63. The lowest BCUT2D eigenvalue weighted by Gasteiger charge is -2.44. The van der Waals surface area contributed by atoms with Crippen molar-refractivity contribution in [1.82, 2.24) is 15.1 Å². The lowest BCUT2D eigenvalue weighted by Crippen LogP contribution is -2.67. The van der Waals surface area contributed by atoms with Gasteiger partial charge in [0.25, 0.3) is 0 Å². The van der Waals surface area contributed by atoms with Gasteiger partial charge in [0.2, 0.25) is 0 Å². The molecule has 0 radical (unpaired) electrons. The van der Waals surface area contributed by atoms with Gasteiger partial charge in [-0.2, -0.15) is 0 Å². The summed E-state index contributed by atoms with van der Waals surface area (Å²) < 4.78 is 6.92. The van der Waals surface area contributed by atoms with Crippen LogP contribution in [-0.4, -0.2) is 32.9 Å². The average Bonchev–Trinajstić information content (AvgIpc) is 2.55. The van der Waals surface area contributed by atoms with E-state index in [2.05, 4.69) is 10.4 Å². The highest BCUT2D eigenvalue weighted by Crippen LogP contribution is 2.29. The Labute approximate surface area is 92.5 Å². The summed E-state index contributed by atoms with van der Waals surface area (Å²) in [5, 5.41) is 17.9. The van der Waals surface area contributed by atoms with Crippen LogP contribution in [0.2, 0.25) is 0 Å². The Bertz CT molecular complexity index is 426. The van der Waals surface area contributed by atoms with Crippen LogP contribution in [0.15, 0.2) is 6.20 Å². The largest absolute Gasteiger partial charge is 0.465 e. The van der Waals surface area contributed by atoms with Crippen molar-refractivity contribution in [2.24, 2.45) is 7.05 Å². The fourth-order valence-electron chi connectivity index (χ4n) is 1.58. The second kappa shape index (κ2) is 3.44. The van der Waals surface area contributed by atoms with Crippen LogP contribution in [0, 0.1) is 10.1 Å². The normalized spacial score (nSPS) is 22.6. The van der Waals surface area contributed by atoms with E-state index in [-0.39, 0.29) is 23.2 Å². The van der Waals surface area contributed by atoms with E-state index in [1.807, 2.05) is 13.8 Å². The van der Waals surface area contributed by atoms with E-state index >= 15 is 0 Å². The van der Waals surface area contributed by atoms with E-state index in [0.29, 0.717) is 6.54 Å². The summed E-state index contributed by atoms with van der Waals surface area (Å²) in [4.78, 5) is 10.3. The standard InChI is InChI=1S/C9H14N4O3/c1-9(2)7(4-10-9)16-8-6(13(14)15)5-12(3)11-8/h5,7,10H,4H2,1-3H3. The van der Waals surface area contributed by atoms with Crippen molar-refractivity contribution in [1.29, 1.82) is 0 Å². The molecular formula is C9H14N4O3. The van der Waals surface area contributed by atoms with E-state index in [1.54, 1.807) is 7.05 Å². The maximum Gasteiger partial charge on any atom is 0.350 e. The highest BCUT2D eigenvalue weighted by Gasteiger charge is 2.41. The highest BCUT2D eigenvalue weighted by molar-refractivity contribution is 5.38. The smallest absolute Gasteiger partial charge is 0.350 e. The first-order chi connectivity index (χ1) is 7.40. The topological polar surface area (TPSA) is 82.2 Å². The second-order valence-electron chi connectivity index (χ2n) is 4.46. The van der Waals surface area contributed by atoms with E-state index in [4.69, 9.17) is 4.74 Å². The minimum absolute atomic E-state index is 0.0823. The first kappa shape index (κ1) is 10.9. The molecule has 1 N–H and O–H groups in total. The van der Waals surface area contributed by atoms with Crippen LogP contribution in [-0.2, 0) is 7.05 Å². The maximum absolute atomic E-state index is 10.7. The van der Waals surface area contributed by atoms with Crippen molar-refractivity contribution in [3.63, 3.8) is 0 Å². The number of rotatable bonds is 3. The molecule has 1 aliphatic heterocycles. The van der Waals surface area contributed by atoms with Crippen molar-refractivity contribution in [3.05, 3.63) is 16.3 Å². The molecule has 0 aromatic carbocycles. The quantitative estimate of drug-likeness (QED) is 0.598. The Morgan fingerprint density at radius 3 is 2.88 bits per heavy atom. The first-order valence-corrected chi connectivity index (χ1v) is 5.00. The molecule has 1 fully saturated rings.